The summed E-state index contributed by atoms with van der Waals surface area (Å²) in [5.74, 6) is -0.554. The van der Waals surface area contributed by atoms with Gasteiger partial charge in [-0.3, -0.25) is 0 Å². The van der Waals surface area contributed by atoms with E-state index in [2.05, 4.69) is 4.72 Å². The summed E-state index contributed by atoms with van der Waals surface area (Å²) in [7, 11) is -5.19. The van der Waals surface area contributed by atoms with Gasteiger partial charge in [-0.15, -0.1) is 0 Å². The number of hydrogen-bond acceptors (Lipinski definition) is 3. The number of rotatable bonds is 5. The lowest BCUT2D eigenvalue weighted by Gasteiger charge is -2.22. The number of halogens is 1. The van der Waals surface area contributed by atoms with Gasteiger partial charge in [-0.25, -0.2) is 25.7 Å². The molecule has 1 heterocycles. The van der Waals surface area contributed by atoms with Crippen LogP contribution in [0.1, 0.15) is 39.3 Å². The fourth-order valence-corrected chi connectivity index (χ4v) is 4.97. The minimum Gasteiger partial charge on any atom is -0.242 e. The standard InChI is InChI=1S/C20H23FN2O3S2/c1-14(22-27(24)20(2,3)4)17-12-15-10-11-23(19(15)13-18(17)21)28(25,26)16-8-6-5-7-9-16/h5-14,22H,1-4H3/t14-,27+/m1/s1. The summed E-state index contributed by atoms with van der Waals surface area (Å²) in [6.45, 7) is 7.22. The number of fused-ring (bicyclic) bond motifs is 1. The minimum atomic E-state index is -3.82. The molecule has 1 aromatic heterocycles. The third-order valence-electron chi connectivity index (χ3n) is 4.38. The molecule has 150 valence electrons. The molecule has 0 radical (unpaired) electrons. The third kappa shape index (κ3) is 3.90. The summed E-state index contributed by atoms with van der Waals surface area (Å²) in [6, 6.07) is 11.9. The molecule has 2 aromatic carbocycles. The summed E-state index contributed by atoms with van der Waals surface area (Å²) < 4.78 is 56.4. The molecule has 1 N–H and O–H groups in total. The lowest BCUT2D eigenvalue weighted by molar-refractivity contribution is 0.573. The molecule has 3 rings (SSSR count). The second-order valence-electron chi connectivity index (χ2n) is 7.58. The van der Waals surface area contributed by atoms with Crippen molar-refractivity contribution in [2.45, 2.75) is 43.4 Å². The zero-order valence-electron chi connectivity index (χ0n) is 16.1. The molecule has 0 aliphatic carbocycles. The van der Waals surface area contributed by atoms with E-state index in [0.717, 1.165) is 3.97 Å². The molecule has 2 atom stereocenters. The molecule has 8 heteroatoms. The molecule has 5 nitrogen and oxygen atoms in total. The molecule has 0 spiro atoms. The zero-order chi connectivity index (χ0) is 20.7. The maximum atomic E-state index is 14.8. The monoisotopic (exact) mass is 422 g/mol. The van der Waals surface area contributed by atoms with Crippen LogP contribution in [0.5, 0.6) is 0 Å². The highest BCUT2D eigenvalue weighted by atomic mass is 32.2. The number of benzene rings is 2. The van der Waals surface area contributed by atoms with Crippen LogP contribution in [0.2, 0.25) is 0 Å². The molecular weight excluding hydrogens is 399 g/mol. The minimum absolute atomic E-state index is 0.132. The molecule has 0 bridgehead atoms. The normalized spacial score (nSPS) is 14.9. The average Bonchev–Trinajstić information content (AvgIpc) is 3.04. The lowest BCUT2D eigenvalue weighted by Crippen LogP contribution is -2.35. The summed E-state index contributed by atoms with van der Waals surface area (Å²) in [6.07, 6.45) is 1.42. The van der Waals surface area contributed by atoms with Crippen LogP contribution < -0.4 is 4.72 Å². The van der Waals surface area contributed by atoms with Gasteiger partial charge < -0.3 is 0 Å². The maximum Gasteiger partial charge on any atom is 0.268 e. The van der Waals surface area contributed by atoms with Gasteiger partial charge in [0.2, 0.25) is 0 Å². The molecule has 0 fully saturated rings. The first-order valence-electron chi connectivity index (χ1n) is 8.81. The van der Waals surface area contributed by atoms with Crippen LogP contribution in [0.3, 0.4) is 0 Å². The number of nitrogens with one attached hydrogen (secondary N) is 1. The van der Waals surface area contributed by atoms with Gasteiger partial charge in [-0.2, -0.15) is 0 Å². The largest absolute Gasteiger partial charge is 0.268 e. The molecule has 3 aromatic rings. The molecule has 0 saturated carbocycles. The Hall–Kier alpha value is -2.03. The molecule has 28 heavy (non-hydrogen) atoms. The highest BCUT2D eigenvalue weighted by molar-refractivity contribution is 7.90. The number of nitrogens with zero attached hydrogens (tertiary/aromatic N) is 1. The van der Waals surface area contributed by atoms with E-state index >= 15 is 0 Å². The van der Waals surface area contributed by atoms with Gasteiger partial charge in [0, 0.05) is 23.2 Å². The van der Waals surface area contributed by atoms with Crippen LogP contribution in [-0.4, -0.2) is 21.3 Å². The SMILES string of the molecule is C[C@@H](N[S@@](=O)C(C)(C)C)c1cc2ccn(S(=O)(=O)c3ccccc3)c2cc1F. The van der Waals surface area contributed by atoms with Crippen molar-refractivity contribution in [3.8, 4) is 0 Å². The van der Waals surface area contributed by atoms with Gasteiger partial charge >= 0.3 is 0 Å². The quantitative estimate of drug-likeness (QED) is 0.672. The van der Waals surface area contributed by atoms with Crippen LogP contribution in [0.4, 0.5) is 4.39 Å². The fourth-order valence-electron chi connectivity index (χ4n) is 2.80. The Morgan fingerprint density at radius 1 is 1.11 bits per heavy atom. The van der Waals surface area contributed by atoms with Crippen molar-refractivity contribution < 1.29 is 17.0 Å². The summed E-state index contributed by atoms with van der Waals surface area (Å²) in [5, 5.41) is 0.589. The summed E-state index contributed by atoms with van der Waals surface area (Å²) >= 11 is 0. The average molecular weight is 423 g/mol. The van der Waals surface area contributed by atoms with E-state index in [1.807, 2.05) is 20.8 Å². The van der Waals surface area contributed by atoms with Gasteiger partial charge in [0.1, 0.15) is 5.82 Å². The topological polar surface area (TPSA) is 68.2 Å². The van der Waals surface area contributed by atoms with E-state index < -0.39 is 37.6 Å². The van der Waals surface area contributed by atoms with Crippen molar-refractivity contribution in [1.29, 1.82) is 0 Å². The van der Waals surface area contributed by atoms with Gasteiger partial charge in [0.25, 0.3) is 10.0 Å². The van der Waals surface area contributed by atoms with Crippen LogP contribution in [0.15, 0.2) is 59.6 Å². The van der Waals surface area contributed by atoms with Crippen molar-refractivity contribution in [3.63, 3.8) is 0 Å². The van der Waals surface area contributed by atoms with Gasteiger partial charge in [0.05, 0.1) is 26.1 Å². The van der Waals surface area contributed by atoms with Crippen molar-refractivity contribution in [1.82, 2.24) is 8.69 Å². The van der Waals surface area contributed by atoms with E-state index in [9.17, 15) is 17.0 Å². The molecule has 0 unspecified atom stereocenters. The number of aromatic nitrogens is 1. The highest BCUT2D eigenvalue weighted by Gasteiger charge is 2.24. The van der Waals surface area contributed by atoms with Gasteiger partial charge in [-0.05, 0) is 58.0 Å². The zero-order valence-corrected chi connectivity index (χ0v) is 17.8. The van der Waals surface area contributed by atoms with Gasteiger partial charge in [0.15, 0.2) is 0 Å². The number of hydrogen-bond donors (Lipinski definition) is 1. The van der Waals surface area contributed by atoms with E-state index in [0.29, 0.717) is 10.9 Å². The van der Waals surface area contributed by atoms with Crippen LogP contribution in [-0.2, 0) is 21.0 Å². The molecule has 0 amide bonds. The van der Waals surface area contributed by atoms with Crippen LogP contribution in [0.25, 0.3) is 10.9 Å². The van der Waals surface area contributed by atoms with E-state index in [1.54, 1.807) is 37.3 Å². The Labute approximate surface area is 167 Å². The second kappa shape index (κ2) is 7.42. The maximum absolute atomic E-state index is 14.8. The summed E-state index contributed by atoms with van der Waals surface area (Å²) in [5.41, 5.74) is 0.592. The molecular formula is C20H23FN2O3S2. The molecule has 0 aliphatic heterocycles. The summed E-state index contributed by atoms with van der Waals surface area (Å²) in [4.78, 5) is 0.132. The molecule has 0 saturated heterocycles. The Kier molecular flexibility index (Phi) is 5.49. The molecule has 0 aliphatic rings. The Morgan fingerprint density at radius 3 is 2.36 bits per heavy atom. The first kappa shape index (κ1) is 20.7. The lowest BCUT2D eigenvalue weighted by atomic mass is 10.1. The van der Waals surface area contributed by atoms with Crippen molar-refractivity contribution >= 4 is 31.9 Å². The van der Waals surface area contributed by atoms with Crippen LogP contribution >= 0.6 is 0 Å². The van der Waals surface area contributed by atoms with Crippen molar-refractivity contribution in [2.75, 3.05) is 0 Å². The predicted molar refractivity (Wildman–Crippen MR) is 110 cm³/mol. The Balaban J connectivity index is 2.02. The Bertz CT molecular complexity index is 1130. The smallest absolute Gasteiger partial charge is 0.242 e. The van der Waals surface area contributed by atoms with Gasteiger partial charge in [-0.1, -0.05) is 18.2 Å². The van der Waals surface area contributed by atoms with Crippen LogP contribution in [0, 0.1) is 5.82 Å². The van der Waals surface area contributed by atoms with E-state index in [4.69, 9.17) is 0 Å². The first-order valence-corrected chi connectivity index (χ1v) is 11.4. The third-order valence-corrected chi connectivity index (χ3v) is 7.76. The first-order chi connectivity index (χ1) is 13.0. The second-order valence-corrected chi connectivity index (χ2v) is 11.4. The van der Waals surface area contributed by atoms with E-state index in [1.165, 1.54) is 24.4 Å². The van der Waals surface area contributed by atoms with Crippen molar-refractivity contribution in [2.24, 2.45) is 0 Å². The highest BCUT2D eigenvalue weighted by Crippen LogP contribution is 2.28. The fraction of sp³-hybridized carbons (Fsp3) is 0.300. The van der Waals surface area contributed by atoms with Crippen molar-refractivity contribution in [3.05, 3.63) is 66.1 Å². The van der Waals surface area contributed by atoms with E-state index in [-0.39, 0.29) is 10.4 Å². The Morgan fingerprint density at radius 2 is 1.75 bits per heavy atom. The predicted octanol–water partition coefficient (Wildman–Crippen LogP) is 4.13.